The molecule has 0 fully saturated rings. The Balaban J connectivity index is 2.07. The van der Waals surface area contributed by atoms with Crippen LogP contribution in [0.3, 0.4) is 0 Å². The zero-order valence-electron chi connectivity index (χ0n) is 9.02. The van der Waals surface area contributed by atoms with Crippen LogP contribution in [0, 0.1) is 0 Å². The minimum absolute atomic E-state index is 0.181. The van der Waals surface area contributed by atoms with Gasteiger partial charge in [-0.3, -0.25) is 0 Å². The largest absolute Gasteiger partial charge is 0.376 e. The number of allylic oxidation sites excluding steroid dienone is 3. The third-order valence-electron chi connectivity index (χ3n) is 2.73. The van der Waals surface area contributed by atoms with Gasteiger partial charge in [-0.25, -0.2) is 0 Å². The summed E-state index contributed by atoms with van der Waals surface area (Å²) in [5, 5.41) is 0. The summed E-state index contributed by atoms with van der Waals surface area (Å²) in [5.74, 6) is 0. The third-order valence-corrected chi connectivity index (χ3v) is 2.73. The molecule has 0 bridgehead atoms. The molecule has 0 aliphatic heterocycles. The van der Waals surface area contributed by atoms with Crippen molar-refractivity contribution >= 4 is 0 Å². The van der Waals surface area contributed by atoms with Crippen molar-refractivity contribution in [2.24, 2.45) is 0 Å². The van der Waals surface area contributed by atoms with Gasteiger partial charge < -0.3 is 4.74 Å². The van der Waals surface area contributed by atoms with E-state index < -0.39 is 0 Å². The Hall–Kier alpha value is -1.34. The molecular weight excluding hydrogens is 184 g/mol. The fourth-order valence-electron chi connectivity index (χ4n) is 1.88. The van der Waals surface area contributed by atoms with Gasteiger partial charge in [0.25, 0.3) is 0 Å². The molecule has 1 nitrogen and oxygen atoms in total. The molecule has 1 aliphatic carbocycles. The van der Waals surface area contributed by atoms with Crippen molar-refractivity contribution in [3.05, 3.63) is 59.7 Å². The molecule has 1 aromatic carbocycles. The first-order valence-electron chi connectivity index (χ1n) is 5.33. The highest BCUT2D eigenvalue weighted by atomic mass is 16.5. The Morgan fingerprint density at radius 3 is 2.67 bits per heavy atom. The quantitative estimate of drug-likeness (QED) is 0.720. The van der Waals surface area contributed by atoms with E-state index in [1.165, 1.54) is 11.1 Å². The van der Waals surface area contributed by atoms with Gasteiger partial charge in [0.05, 0.1) is 6.10 Å². The predicted octanol–water partition coefficient (Wildman–Crippen LogP) is 3.65. The van der Waals surface area contributed by atoms with Crippen LogP contribution in [0.5, 0.6) is 0 Å². The van der Waals surface area contributed by atoms with E-state index in [-0.39, 0.29) is 6.10 Å². The molecule has 0 saturated carbocycles. The molecule has 0 N–H and O–H groups in total. The van der Waals surface area contributed by atoms with E-state index in [2.05, 4.69) is 42.5 Å². The van der Waals surface area contributed by atoms with Crippen LogP contribution in [0.25, 0.3) is 0 Å². The van der Waals surface area contributed by atoms with Crippen LogP contribution in [0.2, 0.25) is 0 Å². The van der Waals surface area contributed by atoms with E-state index in [1.807, 2.05) is 6.07 Å². The summed E-state index contributed by atoms with van der Waals surface area (Å²) in [6, 6.07) is 10.4. The zero-order valence-corrected chi connectivity index (χ0v) is 9.02. The number of methoxy groups -OCH3 is 1. The lowest BCUT2D eigenvalue weighted by Gasteiger charge is -2.15. The summed E-state index contributed by atoms with van der Waals surface area (Å²) in [6.07, 6.45) is 8.86. The van der Waals surface area contributed by atoms with Crippen LogP contribution in [-0.2, 0) is 4.74 Å². The lowest BCUT2D eigenvalue weighted by molar-refractivity contribution is 0.104. The second-order valence-electron chi connectivity index (χ2n) is 3.76. The van der Waals surface area contributed by atoms with Gasteiger partial charge in [-0.05, 0) is 17.6 Å². The predicted molar refractivity (Wildman–Crippen MR) is 62.6 cm³/mol. The highest BCUT2D eigenvalue weighted by Crippen LogP contribution is 2.26. The fraction of sp³-hybridized carbons (Fsp3) is 0.286. The fourth-order valence-corrected chi connectivity index (χ4v) is 1.88. The van der Waals surface area contributed by atoms with Crippen LogP contribution < -0.4 is 0 Å². The Labute approximate surface area is 91.1 Å². The Kier molecular flexibility index (Phi) is 3.36. The van der Waals surface area contributed by atoms with Crippen molar-refractivity contribution in [2.45, 2.75) is 18.9 Å². The van der Waals surface area contributed by atoms with Crippen molar-refractivity contribution in [3.63, 3.8) is 0 Å². The van der Waals surface area contributed by atoms with Crippen LogP contribution in [0.1, 0.15) is 24.5 Å². The highest BCUT2D eigenvalue weighted by Gasteiger charge is 2.12. The number of hydrogen-bond acceptors (Lipinski definition) is 1. The van der Waals surface area contributed by atoms with Crippen molar-refractivity contribution in [3.8, 4) is 0 Å². The smallest absolute Gasteiger partial charge is 0.0861 e. The van der Waals surface area contributed by atoms with Gasteiger partial charge in [0.2, 0.25) is 0 Å². The summed E-state index contributed by atoms with van der Waals surface area (Å²) in [6.45, 7) is 0. The number of rotatable bonds is 4. The molecule has 2 rings (SSSR count). The first-order valence-corrected chi connectivity index (χ1v) is 5.33. The van der Waals surface area contributed by atoms with Crippen molar-refractivity contribution in [1.29, 1.82) is 0 Å². The van der Waals surface area contributed by atoms with Gasteiger partial charge in [0, 0.05) is 13.5 Å². The van der Waals surface area contributed by atoms with Crippen LogP contribution >= 0.6 is 0 Å². The number of hydrogen-bond donors (Lipinski definition) is 0. The molecule has 0 saturated heterocycles. The number of ether oxygens (including phenoxy) is 1. The Morgan fingerprint density at radius 2 is 2.07 bits per heavy atom. The van der Waals surface area contributed by atoms with E-state index in [0.29, 0.717) is 0 Å². The van der Waals surface area contributed by atoms with Crippen LogP contribution in [0.4, 0.5) is 0 Å². The van der Waals surface area contributed by atoms with E-state index in [1.54, 1.807) is 7.11 Å². The maximum atomic E-state index is 5.52. The maximum absolute atomic E-state index is 5.52. The average Bonchev–Trinajstić information content (AvgIpc) is 2.80. The van der Waals surface area contributed by atoms with Crippen LogP contribution in [0.15, 0.2) is 54.1 Å². The van der Waals surface area contributed by atoms with Gasteiger partial charge in [-0.15, -0.1) is 0 Å². The SMILES string of the molecule is COC(CC1=CCC=C1)c1ccccc1. The second kappa shape index (κ2) is 4.94. The molecule has 15 heavy (non-hydrogen) atoms. The molecular formula is C14H16O. The van der Waals surface area contributed by atoms with Gasteiger partial charge in [-0.2, -0.15) is 0 Å². The average molecular weight is 200 g/mol. The van der Waals surface area contributed by atoms with Gasteiger partial charge in [0.15, 0.2) is 0 Å². The summed E-state index contributed by atoms with van der Waals surface area (Å²) in [7, 11) is 1.77. The molecule has 0 amide bonds. The van der Waals surface area contributed by atoms with Crippen molar-refractivity contribution in [1.82, 2.24) is 0 Å². The lowest BCUT2D eigenvalue weighted by Crippen LogP contribution is -2.01. The lowest BCUT2D eigenvalue weighted by atomic mass is 10.0. The molecule has 1 heteroatoms. The molecule has 0 heterocycles. The minimum atomic E-state index is 0.181. The van der Waals surface area contributed by atoms with Gasteiger partial charge >= 0.3 is 0 Å². The normalized spacial score (nSPS) is 16.5. The highest BCUT2D eigenvalue weighted by molar-refractivity contribution is 5.29. The topological polar surface area (TPSA) is 9.23 Å². The molecule has 0 radical (unpaired) electrons. The van der Waals surface area contributed by atoms with Crippen molar-refractivity contribution < 1.29 is 4.74 Å². The standard InChI is InChI=1S/C14H16O/c1-15-14(11-12-7-5-6-8-12)13-9-3-2-4-10-13/h2-5,7-10,14H,6,11H2,1H3. The van der Waals surface area contributed by atoms with Crippen LogP contribution in [-0.4, -0.2) is 7.11 Å². The van der Waals surface area contributed by atoms with E-state index in [0.717, 1.165) is 12.8 Å². The Bertz CT molecular complexity index is 362. The van der Waals surface area contributed by atoms with Gasteiger partial charge in [0.1, 0.15) is 0 Å². The molecule has 1 aromatic rings. The van der Waals surface area contributed by atoms with Gasteiger partial charge in [-0.1, -0.05) is 48.6 Å². The molecule has 0 spiro atoms. The summed E-state index contributed by atoms with van der Waals surface area (Å²) >= 11 is 0. The molecule has 0 aromatic heterocycles. The van der Waals surface area contributed by atoms with E-state index >= 15 is 0 Å². The minimum Gasteiger partial charge on any atom is -0.376 e. The summed E-state index contributed by atoms with van der Waals surface area (Å²) < 4.78 is 5.52. The number of benzene rings is 1. The second-order valence-corrected chi connectivity index (χ2v) is 3.76. The van der Waals surface area contributed by atoms with Crippen molar-refractivity contribution in [2.75, 3.05) is 7.11 Å². The molecule has 78 valence electrons. The maximum Gasteiger partial charge on any atom is 0.0861 e. The third kappa shape index (κ3) is 2.57. The molecule has 1 aliphatic rings. The monoisotopic (exact) mass is 200 g/mol. The zero-order chi connectivity index (χ0) is 10.5. The molecule has 1 atom stereocenters. The summed E-state index contributed by atoms with van der Waals surface area (Å²) in [5.41, 5.74) is 2.63. The first kappa shape index (κ1) is 10.2. The summed E-state index contributed by atoms with van der Waals surface area (Å²) in [4.78, 5) is 0. The molecule has 1 unspecified atom stereocenters. The van der Waals surface area contributed by atoms with E-state index in [4.69, 9.17) is 4.74 Å². The Morgan fingerprint density at radius 1 is 1.27 bits per heavy atom. The first-order chi connectivity index (χ1) is 7.40. The van der Waals surface area contributed by atoms with E-state index in [9.17, 15) is 0 Å².